The van der Waals surface area contributed by atoms with E-state index < -0.39 is 0 Å². The Morgan fingerprint density at radius 2 is 2.04 bits per heavy atom. The smallest absolute Gasteiger partial charge is 0.372 e. The van der Waals surface area contributed by atoms with Gasteiger partial charge in [-0.05, 0) is 37.7 Å². The van der Waals surface area contributed by atoms with Gasteiger partial charge in [0.25, 0.3) is 0 Å². The summed E-state index contributed by atoms with van der Waals surface area (Å²) in [7, 11) is 0. The third kappa shape index (κ3) is 5.98. The Kier molecular flexibility index (Phi) is 9.83. The normalized spacial score (nSPS) is 11.0. The van der Waals surface area contributed by atoms with Crippen molar-refractivity contribution in [2.45, 2.75) is 59.3 Å². The maximum atomic E-state index is 6.47. The van der Waals surface area contributed by atoms with Crippen LogP contribution in [0.1, 0.15) is 50.7 Å². The molecule has 0 saturated heterocycles. The van der Waals surface area contributed by atoms with Gasteiger partial charge in [-0.2, -0.15) is 0 Å². The summed E-state index contributed by atoms with van der Waals surface area (Å²) in [4.78, 5) is 8.87. The molecule has 0 atom stereocenters. The van der Waals surface area contributed by atoms with E-state index in [4.69, 9.17) is 16.3 Å². The molecule has 0 fully saturated rings. The van der Waals surface area contributed by atoms with Gasteiger partial charge in [-0.15, -0.1) is 0 Å². The Morgan fingerprint density at radius 3 is 2.71 bits per heavy atom. The van der Waals surface area contributed by atoms with Crippen molar-refractivity contribution in [2.75, 3.05) is 0 Å². The minimum Gasteiger partial charge on any atom is -0.372 e. The minimum atomic E-state index is 0. The van der Waals surface area contributed by atoms with Gasteiger partial charge in [0.15, 0.2) is 5.15 Å². The molecule has 0 aliphatic heterocycles. The summed E-state index contributed by atoms with van der Waals surface area (Å²) in [6, 6.07) is 8.10. The van der Waals surface area contributed by atoms with E-state index in [9.17, 15) is 0 Å². The Labute approximate surface area is 213 Å². The molecule has 0 unspecified atom stereocenters. The average Bonchev–Trinajstić information content (AvgIpc) is 3.28. The molecule has 6 nitrogen and oxygen atoms in total. The molecule has 28 heavy (non-hydrogen) atoms. The zero-order valence-electron chi connectivity index (χ0n) is 17.0. The van der Waals surface area contributed by atoms with Crippen molar-refractivity contribution in [3.63, 3.8) is 0 Å². The molecular formula is C20H25ClKN5O. The number of aryl methyl sites for hydroxylation is 1. The fraction of sp³-hybridized carbons (Fsp3) is 0.450. The van der Waals surface area contributed by atoms with E-state index in [0.717, 1.165) is 41.9 Å². The zero-order chi connectivity index (χ0) is 19.2. The van der Waals surface area contributed by atoms with Crippen LogP contribution in [-0.4, -0.2) is 25.9 Å². The second-order valence-electron chi connectivity index (χ2n) is 6.76. The number of rotatable bonds is 9. The molecule has 2 heterocycles. The summed E-state index contributed by atoms with van der Waals surface area (Å²) in [6.07, 6.45) is 4.64. The van der Waals surface area contributed by atoms with E-state index >= 15 is 0 Å². The summed E-state index contributed by atoms with van der Waals surface area (Å²) in [6.45, 7) is 7.28. The largest absolute Gasteiger partial charge is 1.00 e. The van der Waals surface area contributed by atoms with Crippen LogP contribution in [0.2, 0.25) is 5.15 Å². The van der Waals surface area contributed by atoms with Gasteiger partial charge in [-0.1, -0.05) is 49.2 Å². The molecule has 0 saturated carbocycles. The van der Waals surface area contributed by atoms with Crippen LogP contribution < -0.4 is 56.4 Å². The van der Waals surface area contributed by atoms with E-state index in [1.165, 1.54) is 6.33 Å². The summed E-state index contributed by atoms with van der Waals surface area (Å²) in [5, 5.41) is 8.48. The summed E-state index contributed by atoms with van der Waals surface area (Å²) in [5.74, 6) is 1.62. The molecule has 0 N–H and O–H groups in total. The number of hydrogen-bond donors (Lipinski definition) is 0. The molecule has 3 aromatic rings. The van der Waals surface area contributed by atoms with Crippen molar-refractivity contribution in [1.29, 1.82) is 0 Å². The Morgan fingerprint density at radius 1 is 1.25 bits per heavy atom. The van der Waals surface area contributed by atoms with Gasteiger partial charge in [-0.3, -0.25) is 0 Å². The molecule has 0 spiro atoms. The maximum absolute atomic E-state index is 6.47. The molecule has 3 rings (SSSR count). The van der Waals surface area contributed by atoms with Gasteiger partial charge in [0.2, 0.25) is 0 Å². The maximum Gasteiger partial charge on any atom is 1.00 e. The third-order valence-electron chi connectivity index (χ3n) is 4.38. The molecule has 1 aromatic carbocycles. The van der Waals surface area contributed by atoms with Crippen molar-refractivity contribution in [3.05, 3.63) is 52.8 Å². The van der Waals surface area contributed by atoms with Crippen LogP contribution in [0.5, 0.6) is 0 Å². The van der Waals surface area contributed by atoms with Crippen LogP contribution in [0.4, 0.5) is 0 Å². The van der Waals surface area contributed by atoms with Crippen LogP contribution >= 0.6 is 11.6 Å². The fourth-order valence-corrected chi connectivity index (χ4v) is 3.21. The van der Waals surface area contributed by atoms with Gasteiger partial charge < -0.3 is 24.5 Å². The number of hydrogen-bond acceptors (Lipinski definition) is 4. The summed E-state index contributed by atoms with van der Waals surface area (Å²) >= 11 is 6.47. The van der Waals surface area contributed by atoms with Gasteiger partial charge in [0.05, 0.1) is 18.4 Å². The predicted molar refractivity (Wildman–Crippen MR) is 106 cm³/mol. The SMILES string of the molecule is CCCCc1nc(Cl)c(COC(C)C)n1Cc1ccccc1-c1nnc[n-]1.[K+]. The predicted octanol–water partition coefficient (Wildman–Crippen LogP) is 1.27. The van der Waals surface area contributed by atoms with Crippen molar-refractivity contribution in [3.8, 4) is 11.4 Å². The van der Waals surface area contributed by atoms with E-state index in [0.29, 0.717) is 24.1 Å². The molecule has 144 valence electrons. The van der Waals surface area contributed by atoms with Gasteiger partial charge in [0.1, 0.15) is 5.82 Å². The fourth-order valence-electron chi connectivity index (χ4n) is 2.96. The Hall–Kier alpha value is -0.544. The van der Waals surface area contributed by atoms with Gasteiger partial charge >= 0.3 is 51.4 Å². The van der Waals surface area contributed by atoms with Crippen LogP contribution in [0.15, 0.2) is 30.6 Å². The molecular weight excluding hydrogens is 401 g/mol. The topological polar surface area (TPSA) is 66.9 Å². The van der Waals surface area contributed by atoms with E-state index in [2.05, 4.69) is 37.7 Å². The molecule has 2 aromatic heterocycles. The molecule has 0 bridgehead atoms. The van der Waals surface area contributed by atoms with E-state index in [-0.39, 0.29) is 57.5 Å². The number of unbranched alkanes of at least 4 members (excludes halogenated alkanes) is 1. The average molecular weight is 426 g/mol. The number of imidazole rings is 1. The number of benzene rings is 1. The number of ether oxygens (including phenoxy) is 1. The van der Waals surface area contributed by atoms with Crippen LogP contribution in [0.3, 0.4) is 0 Å². The first-order chi connectivity index (χ1) is 13.1. The molecule has 0 aliphatic carbocycles. The molecule has 0 aliphatic rings. The second-order valence-corrected chi connectivity index (χ2v) is 7.11. The van der Waals surface area contributed by atoms with Crippen molar-refractivity contribution < 1.29 is 56.1 Å². The van der Waals surface area contributed by atoms with E-state index in [1.807, 2.05) is 32.0 Å². The summed E-state index contributed by atoms with van der Waals surface area (Å²) in [5.41, 5.74) is 2.98. The quantitative estimate of drug-likeness (QED) is 0.483. The molecule has 0 radical (unpaired) electrons. The first-order valence-corrected chi connectivity index (χ1v) is 9.72. The number of halogens is 1. The van der Waals surface area contributed by atoms with Crippen molar-refractivity contribution in [1.82, 2.24) is 24.7 Å². The minimum absolute atomic E-state index is 0. The third-order valence-corrected chi connectivity index (χ3v) is 4.68. The van der Waals surface area contributed by atoms with E-state index in [1.54, 1.807) is 0 Å². The standard InChI is InChI=1S/C20H25ClN5O.K/c1-4-5-10-18-24-19(21)17(12-27-14(2)3)26(18)11-15-8-6-7-9-16(15)20-22-13-23-25-20;/h6-9,13-14H,4-5,10-12H2,1-3H3;/q-1;+1. The van der Waals surface area contributed by atoms with Gasteiger partial charge in [0, 0.05) is 18.8 Å². The summed E-state index contributed by atoms with van der Waals surface area (Å²) < 4.78 is 8.00. The van der Waals surface area contributed by atoms with Crippen LogP contribution in [0, 0.1) is 0 Å². The second kappa shape index (κ2) is 11.6. The molecule has 8 heteroatoms. The van der Waals surface area contributed by atoms with Crippen LogP contribution in [-0.2, 0) is 24.3 Å². The monoisotopic (exact) mass is 425 g/mol. The van der Waals surface area contributed by atoms with Crippen molar-refractivity contribution in [2.24, 2.45) is 0 Å². The first-order valence-electron chi connectivity index (χ1n) is 9.34. The Bertz CT molecular complexity index is 864. The number of aromatic nitrogens is 5. The van der Waals surface area contributed by atoms with Crippen LogP contribution in [0.25, 0.3) is 11.4 Å². The molecule has 0 amide bonds. The van der Waals surface area contributed by atoms with Gasteiger partial charge in [-0.25, -0.2) is 4.98 Å². The zero-order valence-corrected chi connectivity index (χ0v) is 20.9. The first kappa shape index (κ1) is 23.7. The number of nitrogens with zero attached hydrogens (tertiary/aromatic N) is 5. The Balaban J connectivity index is 0.00000280. The van der Waals surface area contributed by atoms with Crippen molar-refractivity contribution >= 4 is 11.6 Å².